The second kappa shape index (κ2) is 5.36. The Morgan fingerprint density at radius 1 is 0.950 bits per heavy atom. The van der Waals surface area contributed by atoms with Crippen LogP contribution >= 0.6 is 0 Å². The Labute approximate surface area is 114 Å². The highest BCUT2D eigenvalue weighted by Crippen LogP contribution is 2.33. The van der Waals surface area contributed by atoms with Gasteiger partial charge < -0.3 is 0 Å². The van der Waals surface area contributed by atoms with Gasteiger partial charge in [-0.25, -0.2) is 0 Å². The molecule has 5 heteroatoms. The largest absolute Gasteiger partial charge is 0.416 e. The number of nitrogens with zero attached hydrogens (tertiary/aromatic N) is 1. The number of hydrogen-bond donors (Lipinski definition) is 0. The van der Waals surface area contributed by atoms with Crippen molar-refractivity contribution in [1.82, 2.24) is 0 Å². The lowest BCUT2D eigenvalue weighted by atomic mass is 10.1. The number of carbonyl (C=O) groups is 1. The molecule has 2 rings (SSSR count). The number of benzene rings is 2. The molecule has 0 fully saturated rings. The average Bonchev–Trinajstić information content (AvgIpc) is 2.39. The molecule has 0 spiro atoms. The van der Waals surface area contributed by atoms with E-state index in [-0.39, 0.29) is 11.6 Å². The average molecular weight is 279 g/mol. The Hall–Kier alpha value is -2.30. The fourth-order valence-corrected chi connectivity index (χ4v) is 1.91. The summed E-state index contributed by atoms with van der Waals surface area (Å²) in [6, 6.07) is 13.3. The van der Waals surface area contributed by atoms with E-state index in [9.17, 15) is 18.0 Å². The zero-order chi connectivity index (χ0) is 14.8. The summed E-state index contributed by atoms with van der Waals surface area (Å²) in [4.78, 5) is 13.0. The lowest BCUT2D eigenvalue weighted by Crippen LogP contribution is -2.23. The zero-order valence-corrected chi connectivity index (χ0v) is 10.7. The summed E-state index contributed by atoms with van der Waals surface area (Å²) in [5, 5.41) is 0. The first kappa shape index (κ1) is 14.1. The molecular formula is C15H12F3NO. The molecule has 2 aromatic carbocycles. The number of para-hydroxylation sites is 1. The number of halogens is 3. The van der Waals surface area contributed by atoms with Gasteiger partial charge in [-0.1, -0.05) is 24.3 Å². The first-order chi connectivity index (χ1) is 9.39. The second-order valence-corrected chi connectivity index (χ2v) is 4.24. The number of hydrogen-bond acceptors (Lipinski definition) is 1. The van der Waals surface area contributed by atoms with Gasteiger partial charge in [-0.3, -0.25) is 9.69 Å². The van der Waals surface area contributed by atoms with Crippen molar-refractivity contribution in [2.45, 2.75) is 13.1 Å². The fourth-order valence-electron chi connectivity index (χ4n) is 1.91. The second-order valence-electron chi connectivity index (χ2n) is 4.24. The predicted octanol–water partition coefficient (Wildman–Crippen LogP) is 4.39. The molecule has 0 atom stereocenters. The van der Waals surface area contributed by atoms with Crippen molar-refractivity contribution in [3.05, 3.63) is 60.2 Å². The quantitative estimate of drug-likeness (QED) is 0.798. The van der Waals surface area contributed by atoms with Crippen LogP contribution in [0.15, 0.2) is 54.6 Å². The van der Waals surface area contributed by atoms with E-state index >= 15 is 0 Å². The molecular weight excluding hydrogens is 267 g/mol. The summed E-state index contributed by atoms with van der Waals surface area (Å²) >= 11 is 0. The van der Waals surface area contributed by atoms with Gasteiger partial charge in [0.05, 0.1) is 5.56 Å². The number of rotatable bonds is 2. The van der Waals surface area contributed by atoms with Crippen molar-refractivity contribution in [1.29, 1.82) is 0 Å². The van der Waals surface area contributed by atoms with Crippen molar-refractivity contribution in [3.63, 3.8) is 0 Å². The van der Waals surface area contributed by atoms with Crippen molar-refractivity contribution in [2.75, 3.05) is 4.90 Å². The molecule has 2 nitrogen and oxygen atoms in total. The van der Waals surface area contributed by atoms with Crippen molar-refractivity contribution in [3.8, 4) is 0 Å². The molecule has 0 aliphatic carbocycles. The number of alkyl halides is 3. The van der Waals surface area contributed by atoms with Gasteiger partial charge in [-0.05, 0) is 30.3 Å². The molecule has 0 heterocycles. The highest BCUT2D eigenvalue weighted by atomic mass is 19.4. The summed E-state index contributed by atoms with van der Waals surface area (Å²) in [6.45, 7) is 1.31. The van der Waals surface area contributed by atoms with Crippen molar-refractivity contribution < 1.29 is 18.0 Å². The maximum atomic E-state index is 12.7. The van der Waals surface area contributed by atoms with Crippen LogP contribution in [0.4, 0.5) is 24.5 Å². The fraction of sp³-hybridized carbons (Fsp3) is 0.133. The summed E-state index contributed by atoms with van der Waals surface area (Å²) in [6.07, 6.45) is -4.44. The summed E-state index contributed by atoms with van der Waals surface area (Å²) in [5.74, 6) is -0.351. The maximum Gasteiger partial charge on any atom is 0.416 e. The van der Waals surface area contributed by atoms with Gasteiger partial charge in [0.25, 0.3) is 0 Å². The monoisotopic (exact) mass is 279 g/mol. The van der Waals surface area contributed by atoms with Crippen LogP contribution in [-0.4, -0.2) is 5.91 Å². The van der Waals surface area contributed by atoms with Gasteiger partial charge in [0, 0.05) is 18.3 Å². The van der Waals surface area contributed by atoms with Crippen LogP contribution < -0.4 is 4.90 Å². The van der Waals surface area contributed by atoms with Crippen LogP contribution in [0.25, 0.3) is 0 Å². The van der Waals surface area contributed by atoms with Crippen LogP contribution in [0.2, 0.25) is 0 Å². The number of amides is 1. The van der Waals surface area contributed by atoms with E-state index < -0.39 is 11.7 Å². The van der Waals surface area contributed by atoms with Gasteiger partial charge in [0.1, 0.15) is 0 Å². The Morgan fingerprint density at radius 2 is 1.55 bits per heavy atom. The Balaban J connectivity index is 2.49. The molecule has 0 aliphatic heterocycles. The number of carbonyl (C=O) groups excluding carboxylic acids is 1. The van der Waals surface area contributed by atoms with Crippen LogP contribution in [0.3, 0.4) is 0 Å². The van der Waals surface area contributed by atoms with E-state index in [0.717, 1.165) is 12.1 Å². The zero-order valence-electron chi connectivity index (χ0n) is 10.7. The molecule has 0 radical (unpaired) electrons. The lowest BCUT2D eigenvalue weighted by molar-refractivity contribution is -0.137. The molecule has 0 N–H and O–H groups in total. The third-order valence-electron chi connectivity index (χ3n) is 2.76. The smallest absolute Gasteiger partial charge is 0.281 e. The SMILES string of the molecule is CC(=O)N(c1ccccc1)c1cccc(C(F)(F)F)c1. The van der Waals surface area contributed by atoms with Gasteiger partial charge in [0.2, 0.25) is 5.91 Å². The topological polar surface area (TPSA) is 20.3 Å². The van der Waals surface area contributed by atoms with Crippen LogP contribution in [0.5, 0.6) is 0 Å². The third kappa shape index (κ3) is 2.99. The summed E-state index contributed by atoms with van der Waals surface area (Å²) < 4.78 is 38.2. The van der Waals surface area contributed by atoms with Gasteiger partial charge in [-0.2, -0.15) is 13.2 Å². The molecule has 0 unspecified atom stereocenters. The minimum atomic E-state index is -4.44. The Morgan fingerprint density at radius 3 is 2.10 bits per heavy atom. The highest BCUT2D eigenvalue weighted by molar-refractivity contribution is 5.99. The van der Waals surface area contributed by atoms with Crippen LogP contribution in [0, 0.1) is 0 Å². The minimum absolute atomic E-state index is 0.193. The first-order valence-electron chi connectivity index (χ1n) is 5.92. The van der Waals surface area contributed by atoms with Gasteiger partial charge in [0.15, 0.2) is 0 Å². The minimum Gasteiger partial charge on any atom is -0.281 e. The van der Waals surface area contributed by atoms with Crippen molar-refractivity contribution >= 4 is 17.3 Å². The molecule has 1 amide bonds. The highest BCUT2D eigenvalue weighted by Gasteiger charge is 2.31. The molecule has 0 aromatic heterocycles. The molecule has 0 bridgehead atoms. The van der Waals surface area contributed by atoms with Crippen LogP contribution in [-0.2, 0) is 11.0 Å². The summed E-state index contributed by atoms with van der Waals surface area (Å²) in [5.41, 5.74) is -0.0602. The maximum absolute atomic E-state index is 12.7. The first-order valence-corrected chi connectivity index (χ1v) is 5.92. The molecule has 0 saturated heterocycles. The van der Waals surface area contributed by atoms with E-state index in [1.807, 2.05) is 0 Å². The Kier molecular flexibility index (Phi) is 3.79. The predicted molar refractivity (Wildman–Crippen MR) is 70.7 cm³/mol. The van der Waals surface area contributed by atoms with E-state index in [4.69, 9.17) is 0 Å². The van der Waals surface area contributed by atoms with Gasteiger partial charge >= 0.3 is 6.18 Å². The normalized spacial score (nSPS) is 11.2. The van der Waals surface area contributed by atoms with Gasteiger partial charge in [-0.15, -0.1) is 0 Å². The van der Waals surface area contributed by atoms with Crippen LogP contribution in [0.1, 0.15) is 12.5 Å². The lowest BCUT2D eigenvalue weighted by Gasteiger charge is -2.22. The third-order valence-corrected chi connectivity index (χ3v) is 2.76. The summed E-state index contributed by atoms with van der Waals surface area (Å²) in [7, 11) is 0. The standard InChI is InChI=1S/C15H12F3NO/c1-11(20)19(13-7-3-2-4-8-13)14-9-5-6-12(10-14)15(16,17)18/h2-10H,1H3. The van der Waals surface area contributed by atoms with E-state index in [2.05, 4.69) is 0 Å². The molecule has 2 aromatic rings. The molecule has 104 valence electrons. The molecule has 0 saturated carbocycles. The number of anilines is 2. The van der Waals surface area contributed by atoms with E-state index in [1.165, 1.54) is 24.0 Å². The Bertz CT molecular complexity index is 608. The van der Waals surface area contributed by atoms with E-state index in [1.54, 1.807) is 30.3 Å². The molecule has 0 aliphatic rings. The van der Waals surface area contributed by atoms with Crippen molar-refractivity contribution in [2.24, 2.45) is 0 Å². The van der Waals surface area contributed by atoms with E-state index in [0.29, 0.717) is 5.69 Å². The molecule has 20 heavy (non-hydrogen) atoms.